The summed E-state index contributed by atoms with van der Waals surface area (Å²) in [6.07, 6.45) is 1.62. The van der Waals surface area contributed by atoms with E-state index >= 15 is 0 Å². The topological polar surface area (TPSA) is 67.9 Å². The number of urea groups is 1. The van der Waals surface area contributed by atoms with E-state index in [4.69, 9.17) is 21.1 Å². The fourth-order valence-corrected chi connectivity index (χ4v) is 3.41. The predicted molar refractivity (Wildman–Crippen MR) is 122 cm³/mol. The Morgan fingerprint density at radius 3 is 2.41 bits per heavy atom. The highest BCUT2D eigenvalue weighted by atomic mass is 35.5. The van der Waals surface area contributed by atoms with Crippen molar-refractivity contribution >= 4 is 29.6 Å². The molecule has 1 fully saturated rings. The number of rotatable bonds is 7. The molecule has 1 aliphatic heterocycles. The van der Waals surface area contributed by atoms with Gasteiger partial charge in [0.05, 0.1) is 13.7 Å². The van der Waals surface area contributed by atoms with Crippen LogP contribution in [0.5, 0.6) is 11.5 Å². The van der Waals surface area contributed by atoms with Crippen molar-refractivity contribution < 1.29 is 19.1 Å². The monoisotopic (exact) mass is 448 g/mol. The maximum atomic E-state index is 12.7. The van der Waals surface area contributed by atoms with Crippen LogP contribution in [0.3, 0.4) is 0 Å². The number of hydrogen-bond acceptors (Lipinski definition) is 4. The molecular weight excluding hydrogens is 428 g/mol. The van der Waals surface area contributed by atoms with Gasteiger partial charge in [0, 0.05) is 5.02 Å². The first-order valence-corrected chi connectivity index (χ1v) is 10.3. The molecule has 1 heterocycles. The first-order valence-electron chi connectivity index (χ1n) is 9.97. The Kier molecular flexibility index (Phi) is 6.42. The normalized spacial score (nSPS) is 14.6. The van der Waals surface area contributed by atoms with E-state index in [9.17, 15) is 9.59 Å². The number of hydrogen-bond donors (Lipinski definition) is 1. The maximum absolute atomic E-state index is 12.7. The molecule has 1 aliphatic rings. The van der Waals surface area contributed by atoms with Crippen molar-refractivity contribution in [1.29, 1.82) is 0 Å². The van der Waals surface area contributed by atoms with Crippen LogP contribution in [-0.4, -0.2) is 23.9 Å². The molecule has 0 saturated carbocycles. The standard InChI is InChI=1S/C25H21ClN2O4/c1-31-23-14-19(9-12-22(23)32-16-18-7-10-20(26)11-8-18)13-21-24(29)28(25(30)27-21)15-17-5-3-2-4-6-17/h2-14H,15-16H2,1H3,(H,27,30). The van der Waals surface area contributed by atoms with E-state index in [1.807, 2.05) is 42.5 Å². The zero-order valence-electron chi connectivity index (χ0n) is 17.4. The number of nitrogens with zero attached hydrogens (tertiary/aromatic N) is 1. The van der Waals surface area contributed by atoms with Crippen LogP contribution in [0.1, 0.15) is 16.7 Å². The second kappa shape index (κ2) is 9.58. The van der Waals surface area contributed by atoms with Gasteiger partial charge in [0.15, 0.2) is 11.5 Å². The first kappa shape index (κ1) is 21.5. The Bertz CT molecular complexity index is 1160. The Hall–Kier alpha value is -3.77. The minimum absolute atomic E-state index is 0.211. The summed E-state index contributed by atoms with van der Waals surface area (Å²) in [5.41, 5.74) is 2.76. The number of nitrogens with one attached hydrogen (secondary N) is 1. The lowest BCUT2D eigenvalue weighted by atomic mass is 10.1. The van der Waals surface area contributed by atoms with E-state index in [1.54, 1.807) is 43.5 Å². The molecule has 6 nitrogen and oxygen atoms in total. The van der Waals surface area contributed by atoms with Gasteiger partial charge in [0.25, 0.3) is 5.91 Å². The summed E-state index contributed by atoms with van der Waals surface area (Å²) in [7, 11) is 1.55. The summed E-state index contributed by atoms with van der Waals surface area (Å²) < 4.78 is 11.3. The number of halogens is 1. The molecule has 7 heteroatoms. The third-order valence-corrected chi connectivity index (χ3v) is 5.20. The SMILES string of the molecule is COc1cc(C=C2NC(=O)N(Cc3ccccc3)C2=O)ccc1OCc1ccc(Cl)cc1. The molecule has 3 amide bonds. The van der Waals surface area contributed by atoms with E-state index in [-0.39, 0.29) is 18.1 Å². The molecule has 0 spiro atoms. The fraction of sp³-hybridized carbons (Fsp3) is 0.120. The van der Waals surface area contributed by atoms with Crippen molar-refractivity contribution in [2.45, 2.75) is 13.2 Å². The highest BCUT2D eigenvalue weighted by Gasteiger charge is 2.33. The lowest BCUT2D eigenvalue weighted by molar-refractivity contribution is -0.123. The van der Waals surface area contributed by atoms with Crippen LogP contribution < -0.4 is 14.8 Å². The van der Waals surface area contributed by atoms with E-state index in [0.717, 1.165) is 11.1 Å². The molecule has 0 unspecified atom stereocenters. The summed E-state index contributed by atoms with van der Waals surface area (Å²) in [5, 5.41) is 3.31. The molecule has 1 N–H and O–H groups in total. The number of benzene rings is 3. The predicted octanol–water partition coefficient (Wildman–Crippen LogP) is 5.02. The van der Waals surface area contributed by atoms with Gasteiger partial charge in [-0.25, -0.2) is 4.79 Å². The summed E-state index contributed by atoms with van der Waals surface area (Å²) in [6, 6.07) is 21.6. The summed E-state index contributed by atoms with van der Waals surface area (Å²) in [6.45, 7) is 0.570. The molecule has 0 aromatic heterocycles. The Morgan fingerprint density at radius 1 is 0.938 bits per heavy atom. The van der Waals surface area contributed by atoms with Crippen molar-refractivity contribution in [1.82, 2.24) is 10.2 Å². The number of amides is 3. The first-order chi connectivity index (χ1) is 15.5. The summed E-state index contributed by atoms with van der Waals surface area (Å²) in [4.78, 5) is 26.2. The molecule has 0 atom stereocenters. The minimum atomic E-state index is -0.444. The van der Waals surface area contributed by atoms with E-state index in [1.165, 1.54) is 4.90 Å². The zero-order chi connectivity index (χ0) is 22.5. The van der Waals surface area contributed by atoms with Gasteiger partial charge in [-0.15, -0.1) is 0 Å². The van der Waals surface area contributed by atoms with Crippen molar-refractivity contribution in [3.8, 4) is 11.5 Å². The molecule has 1 saturated heterocycles. The molecule has 0 bridgehead atoms. The summed E-state index contributed by atoms with van der Waals surface area (Å²) in [5.74, 6) is 0.712. The van der Waals surface area contributed by atoms with Gasteiger partial charge < -0.3 is 14.8 Å². The van der Waals surface area contributed by atoms with Crippen LogP contribution in [0.25, 0.3) is 6.08 Å². The average molecular weight is 449 g/mol. The van der Waals surface area contributed by atoms with Crippen LogP contribution in [0, 0.1) is 0 Å². The number of carbonyl (C=O) groups excluding carboxylic acids is 2. The van der Waals surface area contributed by atoms with Gasteiger partial charge in [-0.05, 0) is 47.0 Å². The molecule has 162 valence electrons. The van der Waals surface area contributed by atoms with Gasteiger partial charge in [-0.2, -0.15) is 0 Å². The van der Waals surface area contributed by atoms with Crippen molar-refractivity contribution in [3.05, 3.63) is 100 Å². The molecule has 32 heavy (non-hydrogen) atoms. The van der Waals surface area contributed by atoms with Crippen molar-refractivity contribution in [3.63, 3.8) is 0 Å². The number of methoxy groups -OCH3 is 1. The van der Waals surface area contributed by atoms with Gasteiger partial charge >= 0.3 is 6.03 Å². The third-order valence-electron chi connectivity index (χ3n) is 4.95. The quantitative estimate of drug-likeness (QED) is 0.407. The smallest absolute Gasteiger partial charge is 0.329 e. The number of carbonyl (C=O) groups is 2. The van der Waals surface area contributed by atoms with Gasteiger partial charge in [0.2, 0.25) is 0 Å². The highest BCUT2D eigenvalue weighted by Crippen LogP contribution is 2.30. The minimum Gasteiger partial charge on any atom is -0.493 e. The lowest BCUT2D eigenvalue weighted by Crippen LogP contribution is -2.30. The molecule has 3 aromatic carbocycles. The van der Waals surface area contributed by atoms with E-state index in [0.29, 0.717) is 28.7 Å². The zero-order valence-corrected chi connectivity index (χ0v) is 18.1. The second-order valence-electron chi connectivity index (χ2n) is 7.19. The van der Waals surface area contributed by atoms with E-state index < -0.39 is 6.03 Å². The third kappa shape index (κ3) is 4.92. The van der Waals surface area contributed by atoms with Crippen LogP contribution in [0.4, 0.5) is 4.79 Å². The Morgan fingerprint density at radius 2 is 1.69 bits per heavy atom. The van der Waals surface area contributed by atoms with E-state index in [2.05, 4.69) is 5.32 Å². The lowest BCUT2D eigenvalue weighted by Gasteiger charge is -2.12. The molecular formula is C25H21ClN2O4. The molecule has 4 rings (SSSR count). The van der Waals surface area contributed by atoms with Crippen LogP contribution in [-0.2, 0) is 17.9 Å². The van der Waals surface area contributed by atoms with Crippen LogP contribution in [0.15, 0.2) is 78.5 Å². The van der Waals surface area contributed by atoms with Crippen molar-refractivity contribution in [2.24, 2.45) is 0 Å². The highest BCUT2D eigenvalue weighted by molar-refractivity contribution is 6.30. The second-order valence-corrected chi connectivity index (χ2v) is 7.63. The van der Waals surface area contributed by atoms with Crippen LogP contribution in [0.2, 0.25) is 5.02 Å². The Labute approximate surface area is 191 Å². The molecule has 0 aliphatic carbocycles. The van der Waals surface area contributed by atoms with Gasteiger partial charge in [-0.3, -0.25) is 9.69 Å². The maximum Gasteiger partial charge on any atom is 0.329 e. The van der Waals surface area contributed by atoms with Crippen LogP contribution >= 0.6 is 11.6 Å². The van der Waals surface area contributed by atoms with Gasteiger partial charge in [0.1, 0.15) is 12.3 Å². The largest absolute Gasteiger partial charge is 0.493 e. The Balaban J connectivity index is 1.48. The number of imide groups is 1. The molecule has 0 radical (unpaired) electrons. The molecule has 3 aromatic rings. The average Bonchev–Trinajstić information content (AvgIpc) is 3.07. The van der Waals surface area contributed by atoms with Crippen molar-refractivity contribution in [2.75, 3.05) is 7.11 Å². The van der Waals surface area contributed by atoms with Gasteiger partial charge in [-0.1, -0.05) is 60.1 Å². The number of ether oxygens (including phenoxy) is 2. The summed E-state index contributed by atoms with van der Waals surface area (Å²) >= 11 is 5.91. The fourth-order valence-electron chi connectivity index (χ4n) is 3.28.